The molecule has 1 aromatic heterocycles. The molecule has 24 heavy (non-hydrogen) atoms. The van der Waals surface area contributed by atoms with Gasteiger partial charge in [0.15, 0.2) is 18.5 Å². The van der Waals surface area contributed by atoms with Gasteiger partial charge in [0.2, 0.25) is 11.4 Å². The molecule has 0 aliphatic rings. The van der Waals surface area contributed by atoms with Gasteiger partial charge < -0.3 is 19.7 Å². The largest absolute Gasteiger partial charge is 0.504 e. The fraction of sp³-hybridized carbons (Fsp3) is 0.333. The lowest BCUT2D eigenvalue weighted by Gasteiger charge is -2.06. The van der Waals surface area contributed by atoms with Gasteiger partial charge in [0.05, 0.1) is 18.8 Å². The van der Waals surface area contributed by atoms with Crippen LogP contribution in [0.15, 0.2) is 36.5 Å². The molecular formula is C18H22NO5+. The van der Waals surface area contributed by atoms with E-state index in [-0.39, 0.29) is 24.1 Å². The Morgan fingerprint density at radius 3 is 2.54 bits per heavy atom. The minimum atomic E-state index is -0.381. The Bertz CT molecular complexity index is 697. The van der Waals surface area contributed by atoms with Crippen LogP contribution in [-0.2, 0) is 11.3 Å². The molecule has 128 valence electrons. The molecule has 0 saturated carbocycles. The number of ether oxygens (including phenoxy) is 2. The summed E-state index contributed by atoms with van der Waals surface area (Å²) < 4.78 is 12.4. The molecule has 0 aliphatic carbocycles. The summed E-state index contributed by atoms with van der Waals surface area (Å²) in [7, 11) is 0. The Hall–Kier alpha value is -2.76. The molecule has 0 aliphatic heterocycles. The van der Waals surface area contributed by atoms with Crippen molar-refractivity contribution in [3.8, 4) is 17.2 Å². The van der Waals surface area contributed by atoms with Gasteiger partial charge in [0, 0.05) is 19.4 Å². The summed E-state index contributed by atoms with van der Waals surface area (Å²) in [6, 6.07) is 8.24. The Labute approximate surface area is 140 Å². The molecule has 0 spiro atoms. The fourth-order valence-electron chi connectivity index (χ4n) is 2.25. The van der Waals surface area contributed by atoms with Crippen LogP contribution in [-0.4, -0.2) is 29.4 Å². The van der Waals surface area contributed by atoms with Gasteiger partial charge in [-0.15, -0.1) is 0 Å². The number of aryl methyl sites for hydroxylation is 1. The zero-order valence-corrected chi connectivity index (χ0v) is 13.9. The van der Waals surface area contributed by atoms with E-state index in [4.69, 9.17) is 9.47 Å². The van der Waals surface area contributed by atoms with Crippen molar-refractivity contribution in [3.05, 3.63) is 47.8 Å². The van der Waals surface area contributed by atoms with Gasteiger partial charge in [0.25, 0.3) is 0 Å². The van der Waals surface area contributed by atoms with Gasteiger partial charge >= 0.3 is 5.97 Å². The third-order valence-electron chi connectivity index (χ3n) is 3.61. The van der Waals surface area contributed by atoms with E-state index in [2.05, 4.69) is 0 Å². The number of aromatic nitrogens is 1. The minimum Gasteiger partial charge on any atom is -0.504 e. The Balaban J connectivity index is 1.81. The molecule has 0 unspecified atom stereocenters. The van der Waals surface area contributed by atoms with Gasteiger partial charge in [-0.05, 0) is 31.2 Å². The topological polar surface area (TPSA) is 79.9 Å². The van der Waals surface area contributed by atoms with E-state index in [1.807, 2.05) is 6.92 Å². The third kappa shape index (κ3) is 4.38. The highest BCUT2D eigenvalue weighted by molar-refractivity contribution is 5.89. The monoisotopic (exact) mass is 332 g/mol. The lowest BCUT2D eigenvalue weighted by atomic mass is 10.2. The predicted octanol–water partition coefficient (Wildman–Crippen LogP) is 2.34. The van der Waals surface area contributed by atoms with Crippen LogP contribution in [0.25, 0.3) is 0 Å². The number of nitrogens with zero attached hydrogens (tertiary/aromatic N) is 1. The van der Waals surface area contributed by atoms with Crippen LogP contribution in [0.2, 0.25) is 0 Å². The van der Waals surface area contributed by atoms with Crippen molar-refractivity contribution in [2.24, 2.45) is 0 Å². The zero-order valence-electron chi connectivity index (χ0n) is 13.9. The first-order valence-electron chi connectivity index (χ1n) is 7.84. The predicted molar refractivity (Wildman–Crippen MR) is 87.2 cm³/mol. The normalized spacial score (nSPS) is 10.4. The summed E-state index contributed by atoms with van der Waals surface area (Å²) in [5, 5.41) is 19.1. The smallest absolute Gasteiger partial charge is 0.338 e. The first-order chi connectivity index (χ1) is 11.5. The van der Waals surface area contributed by atoms with E-state index in [1.165, 1.54) is 6.07 Å². The Kier molecular flexibility index (Phi) is 6.01. The molecule has 1 heterocycles. The molecule has 2 N–H and O–H groups in total. The van der Waals surface area contributed by atoms with E-state index in [1.54, 1.807) is 42.0 Å². The van der Waals surface area contributed by atoms with Crippen molar-refractivity contribution in [1.82, 2.24) is 0 Å². The highest BCUT2D eigenvalue weighted by atomic mass is 16.5. The minimum absolute atomic E-state index is 0.135. The molecule has 6 nitrogen and oxygen atoms in total. The van der Waals surface area contributed by atoms with E-state index < -0.39 is 0 Å². The van der Waals surface area contributed by atoms with Gasteiger partial charge in [-0.2, -0.15) is 4.57 Å². The molecule has 0 fully saturated rings. The standard InChI is InChI=1S/C18H21NO5/c1-3-23-15-7-5-14(6-8-15)18(22)24-12-4-10-19-11-9-16(20)17(21)13(19)2/h5-9,11,21H,3-4,10,12H2,1-2H3/p+1. The van der Waals surface area contributed by atoms with E-state index in [9.17, 15) is 15.0 Å². The van der Waals surface area contributed by atoms with Gasteiger partial charge in [-0.1, -0.05) is 0 Å². The zero-order chi connectivity index (χ0) is 17.5. The number of carbonyl (C=O) groups is 1. The second kappa shape index (κ2) is 8.19. The lowest BCUT2D eigenvalue weighted by molar-refractivity contribution is -0.703. The summed E-state index contributed by atoms with van der Waals surface area (Å²) in [5.41, 5.74) is 1.04. The molecule has 2 rings (SSSR count). The summed E-state index contributed by atoms with van der Waals surface area (Å²) in [6.07, 6.45) is 2.27. The van der Waals surface area contributed by atoms with Crippen LogP contribution in [0.4, 0.5) is 0 Å². The van der Waals surface area contributed by atoms with E-state index in [0.29, 0.717) is 36.6 Å². The number of hydrogen-bond acceptors (Lipinski definition) is 5. The van der Waals surface area contributed by atoms with Crippen LogP contribution < -0.4 is 9.30 Å². The van der Waals surface area contributed by atoms with Gasteiger partial charge in [-0.25, -0.2) is 4.79 Å². The first-order valence-corrected chi connectivity index (χ1v) is 7.84. The summed E-state index contributed by atoms with van der Waals surface area (Å²) in [4.78, 5) is 11.9. The maximum Gasteiger partial charge on any atom is 0.338 e. The maximum atomic E-state index is 11.9. The van der Waals surface area contributed by atoms with Crippen LogP contribution in [0.5, 0.6) is 17.2 Å². The van der Waals surface area contributed by atoms with Crippen LogP contribution in [0.3, 0.4) is 0 Å². The van der Waals surface area contributed by atoms with Crippen LogP contribution in [0, 0.1) is 6.92 Å². The van der Waals surface area contributed by atoms with Crippen molar-refractivity contribution in [2.75, 3.05) is 13.2 Å². The van der Waals surface area contributed by atoms with Crippen molar-refractivity contribution in [3.63, 3.8) is 0 Å². The molecule has 0 amide bonds. The number of benzene rings is 1. The van der Waals surface area contributed by atoms with Gasteiger partial charge in [0.1, 0.15) is 5.75 Å². The molecule has 2 aromatic rings. The Morgan fingerprint density at radius 1 is 1.17 bits per heavy atom. The molecule has 1 aromatic carbocycles. The summed E-state index contributed by atoms with van der Waals surface area (Å²) in [5.74, 6) is 0.0518. The lowest BCUT2D eigenvalue weighted by Crippen LogP contribution is -2.37. The molecule has 0 atom stereocenters. The fourth-order valence-corrected chi connectivity index (χ4v) is 2.25. The Morgan fingerprint density at radius 2 is 1.88 bits per heavy atom. The second-order valence-corrected chi connectivity index (χ2v) is 5.28. The number of hydrogen-bond donors (Lipinski definition) is 2. The maximum absolute atomic E-state index is 11.9. The third-order valence-corrected chi connectivity index (χ3v) is 3.61. The highest BCUT2D eigenvalue weighted by Crippen LogP contribution is 2.24. The van der Waals surface area contributed by atoms with Crippen molar-refractivity contribution in [2.45, 2.75) is 26.8 Å². The molecule has 6 heteroatoms. The number of esters is 1. The van der Waals surface area contributed by atoms with Crippen LogP contribution in [0.1, 0.15) is 29.4 Å². The number of pyridine rings is 1. The average molecular weight is 332 g/mol. The van der Waals surface area contributed by atoms with Crippen molar-refractivity contribution in [1.29, 1.82) is 0 Å². The number of aromatic hydroxyl groups is 2. The number of carbonyl (C=O) groups excluding carboxylic acids is 1. The van der Waals surface area contributed by atoms with E-state index in [0.717, 1.165) is 0 Å². The SMILES string of the molecule is CCOc1ccc(C(=O)OCCC[n+]2ccc(O)c(O)c2C)cc1. The highest BCUT2D eigenvalue weighted by Gasteiger charge is 2.15. The quantitative estimate of drug-likeness (QED) is 0.462. The van der Waals surface area contributed by atoms with Crippen LogP contribution >= 0.6 is 0 Å². The van der Waals surface area contributed by atoms with Crippen molar-refractivity contribution >= 4 is 5.97 Å². The molecule has 0 bridgehead atoms. The first kappa shape index (κ1) is 17.6. The van der Waals surface area contributed by atoms with Gasteiger partial charge in [-0.3, -0.25) is 0 Å². The summed E-state index contributed by atoms with van der Waals surface area (Å²) >= 11 is 0. The molecular weight excluding hydrogens is 310 g/mol. The molecule has 0 saturated heterocycles. The van der Waals surface area contributed by atoms with Crippen molar-refractivity contribution < 1.29 is 29.0 Å². The molecule has 0 radical (unpaired) electrons. The average Bonchev–Trinajstić information content (AvgIpc) is 2.59. The number of rotatable bonds is 7. The summed E-state index contributed by atoms with van der Waals surface area (Å²) in [6.45, 7) is 5.01. The second-order valence-electron chi connectivity index (χ2n) is 5.28. The van der Waals surface area contributed by atoms with E-state index >= 15 is 0 Å².